The average Bonchev–Trinajstić information content (AvgIpc) is 3.65. The van der Waals surface area contributed by atoms with Gasteiger partial charge in [-0.3, -0.25) is 4.79 Å². The lowest BCUT2D eigenvalue weighted by Crippen LogP contribution is -2.67. The third-order valence-electron chi connectivity index (χ3n) is 14.0. The van der Waals surface area contributed by atoms with Crippen LogP contribution in [0.5, 0.6) is 0 Å². The van der Waals surface area contributed by atoms with Gasteiger partial charge in [0.1, 0.15) is 0 Å². The maximum Gasteiger partial charge on any atom is 0.416 e. The van der Waals surface area contributed by atoms with Crippen LogP contribution in [0, 0.1) is 33.5 Å². The number of ether oxygens (including phenoxy) is 1. The number of halogens is 3. The lowest BCUT2D eigenvalue weighted by Gasteiger charge is -2.71. The first-order valence-electron chi connectivity index (χ1n) is 18.2. The SMILES string of the molecule is CC(C)NC(=O)N(CC1CCCO1)CC1(O)CCC2C34C=CC5(C=C3C(=O)c3cccc(C(F)(F)F)c3)CC(O)CCC5(C)C4CCC21C. The molecule has 6 aliphatic carbocycles. The molecule has 10 heteroatoms. The van der Waals surface area contributed by atoms with E-state index in [4.69, 9.17) is 4.74 Å². The largest absolute Gasteiger partial charge is 0.416 e. The monoisotopic (exact) mass is 684 g/mol. The van der Waals surface area contributed by atoms with E-state index in [9.17, 15) is 33.0 Å². The Morgan fingerprint density at radius 1 is 1.04 bits per heavy atom. The molecule has 4 fully saturated rings. The van der Waals surface area contributed by atoms with Crippen LogP contribution in [-0.2, 0) is 10.9 Å². The minimum Gasteiger partial charge on any atom is -0.393 e. The molecule has 1 aliphatic heterocycles. The van der Waals surface area contributed by atoms with Crippen LogP contribution in [0.4, 0.5) is 18.0 Å². The molecular weight excluding hydrogens is 633 g/mol. The zero-order valence-corrected chi connectivity index (χ0v) is 29.1. The average molecular weight is 685 g/mol. The molecule has 1 aromatic carbocycles. The summed E-state index contributed by atoms with van der Waals surface area (Å²) < 4.78 is 47.4. The Labute approximate surface area is 287 Å². The number of rotatable bonds is 7. The van der Waals surface area contributed by atoms with E-state index in [0.717, 1.165) is 31.4 Å². The highest BCUT2D eigenvalue weighted by molar-refractivity contribution is 6.10. The van der Waals surface area contributed by atoms with Gasteiger partial charge in [-0.25, -0.2) is 4.79 Å². The Balaban J connectivity index is 1.31. The first-order valence-corrected chi connectivity index (χ1v) is 18.2. The van der Waals surface area contributed by atoms with E-state index >= 15 is 0 Å². The number of ketones is 1. The summed E-state index contributed by atoms with van der Waals surface area (Å²) in [5.74, 6) is -0.612. The number of alkyl halides is 3. The van der Waals surface area contributed by atoms with Crippen LogP contribution >= 0.6 is 0 Å². The van der Waals surface area contributed by atoms with Crippen molar-refractivity contribution in [2.45, 2.75) is 116 Å². The Morgan fingerprint density at radius 2 is 1.76 bits per heavy atom. The molecule has 7 aliphatic rings. The number of Topliss-reactive ketones (excluding diaryl/α,β-unsaturated/α-hetero) is 1. The van der Waals surface area contributed by atoms with Crippen LogP contribution in [0.15, 0.2) is 48.1 Å². The molecule has 268 valence electrons. The normalized spacial score (nSPS) is 40.8. The third kappa shape index (κ3) is 5.16. The van der Waals surface area contributed by atoms with Gasteiger partial charge in [0.2, 0.25) is 0 Å². The number of fused-ring (bicyclic) bond motifs is 1. The highest BCUT2D eigenvalue weighted by Crippen LogP contribution is 2.78. The summed E-state index contributed by atoms with van der Waals surface area (Å²) in [7, 11) is 0. The summed E-state index contributed by atoms with van der Waals surface area (Å²) in [5.41, 5.74) is -4.02. The van der Waals surface area contributed by atoms with Gasteiger partial charge in [-0.1, -0.05) is 44.2 Å². The van der Waals surface area contributed by atoms with E-state index in [1.54, 1.807) is 4.90 Å². The number of urea groups is 1. The number of allylic oxidation sites excluding steroid dienone is 4. The fraction of sp³-hybridized carbons (Fsp3) is 0.692. The Bertz CT molecular complexity index is 1570. The highest BCUT2D eigenvalue weighted by atomic mass is 19.4. The second-order valence-corrected chi connectivity index (χ2v) is 16.8. The van der Waals surface area contributed by atoms with Crippen molar-refractivity contribution in [1.29, 1.82) is 0 Å². The van der Waals surface area contributed by atoms with Gasteiger partial charge in [0.15, 0.2) is 5.78 Å². The second-order valence-electron chi connectivity index (χ2n) is 16.8. The summed E-state index contributed by atoms with van der Waals surface area (Å²) in [6.45, 7) is 9.33. The molecular formula is C39H51F3N2O5. The van der Waals surface area contributed by atoms with E-state index in [2.05, 4.69) is 31.3 Å². The minimum absolute atomic E-state index is 0.0000877. The van der Waals surface area contributed by atoms with Crippen molar-refractivity contribution in [2.75, 3.05) is 19.7 Å². The number of hydrogen-bond donors (Lipinski definition) is 3. The standard InChI is InChI=1S/C39H51F3N2O5/c1-24(2)43-33(47)44(22-28-9-6-18-49-28)23-37(48)15-12-31-35(37,4)14-11-30-34(3)13-10-27(45)20-36(34)16-17-38(30,31)29(21-36)32(46)25-7-5-8-26(19-25)39(40,41)42/h5,7-8,16-17,19,21,24,27-28,30-31,45,48H,6,9-15,18,20,22-23H2,1-4H3,(H,43,47). The molecule has 2 amide bonds. The first-order chi connectivity index (χ1) is 23.0. The van der Waals surface area contributed by atoms with Gasteiger partial charge in [-0.2, -0.15) is 13.2 Å². The molecule has 1 aromatic rings. The third-order valence-corrected chi connectivity index (χ3v) is 14.0. The number of carbonyl (C=O) groups is 2. The molecule has 2 bridgehead atoms. The van der Waals surface area contributed by atoms with Crippen LogP contribution < -0.4 is 5.32 Å². The Kier molecular flexibility index (Phi) is 8.27. The molecule has 2 spiro atoms. The molecule has 0 radical (unpaired) electrons. The molecule has 49 heavy (non-hydrogen) atoms. The van der Waals surface area contributed by atoms with Gasteiger partial charge in [-0.05, 0) is 101 Å². The highest BCUT2D eigenvalue weighted by Gasteiger charge is 2.74. The molecule has 9 atom stereocenters. The van der Waals surface area contributed by atoms with Crippen molar-refractivity contribution in [3.05, 3.63) is 59.2 Å². The number of hydrogen-bond acceptors (Lipinski definition) is 5. The number of amides is 2. The number of nitrogens with zero attached hydrogens (tertiary/aromatic N) is 1. The zero-order chi connectivity index (χ0) is 35.2. The quantitative estimate of drug-likeness (QED) is 0.211. The van der Waals surface area contributed by atoms with Gasteiger partial charge in [0, 0.05) is 46.6 Å². The van der Waals surface area contributed by atoms with Crippen molar-refractivity contribution >= 4 is 11.8 Å². The molecule has 3 saturated carbocycles. The van der Waals surface area contributed by atoms with Gasteiger partial charge >= 0.3 is 12.2 Å². The van der Waals surface area contributed by atoms with Crippen molar-refractivity contribution in [3.63, 3.8) is 0 Å². The number of benzene rings is 1. The molecule has 0 aromatic heterocycles. The Hall–Kier alpha value is -2.69. The topological polar surface area (TPSA) is 99.1 Å². The maximum absolute atomic E-state index is 14.7. The van der Waals surface area contributed by atoms with E-state index in [1.807, 2.05) is 19.9 Å². The number of nitrogens with one attached hydrogen (secondary N) is 1. The predicted molar refractivity (Wildman–Crippen MR) is 179 cm³/mol. The number of aliphatic hydroxyl groups is 2. The number of aliphatic hydroxyl groups excluding tert-OH is 1. The predicted octanol–water partition coefficient (Wildman–Crippen LogP) is 7.08. The fourth-order valence-electron chi connectivity index (χ4n) is 11.5. The van der Waals surface area contributed by atoms with E-state index in [1.165, 1.54) is 12.1 Å². The number of carbonyl (C=O) groups excluding carboxylic acids is 2. The lowest BCUT2D eigenvalue weighted by molar-refractivity contribution is -0.175. The van der Waals surface area contributed by atoms with E-state index in [-0.39, 0.29) is 47.5 Å². The molecule has 3 N–H and O–H groups in total. The summed E-state index contributed by atoms with van der Waals surface area (Å²) in [4.78, 5) is 30.0. The van der Waals surface area contributed by atoms with Gasteiger partial charge < -0.3 is 25.2 Å². The van der Waals surface area contributed by atoms with Crippen molar-refractivity contribution in [1.82, 2.24) is 10.2 Å². The van der Waals surface area contributed by atoms with Crippen molar-refractivity contribution < 1.29 is 37.7 Å². The second kappa shape index (κ2) is 11.7. The van der Waals surface area contributed by atoms with Gasteiger partial charge in [0.25, 0.3) is 0 Å². The summed E-state index contributed by atoms with van der Waals surface area (Å²) in [6, 6.07) is 4.36. The van der Waals surface area contributed by atoms with Crippen LogP contribution in [0.1, 0.15) is 101 Å². The van der Waals surface area contributed by atoms with Crippen molar-refractivity contribution in [2.24, 2.45) is 33.5 Å². The van der Waals surface area contributed by atoms with Crippen LogP contribution in [-0.4, -0.2) is 70.5 Å². The zero-order valence-electron chi connectivity index (χ0n) is 29.1. The Morgan fingerprint density at radius 3 is 2.45 bits per heavy atom. The minimum atomic E-state index is -4.59. The van der Waals surface area contributed by atoms with Crippen molar-refractivity contribution in [3.8, 4) is 0 Å². The summed E-state index contributed by atoms with van der Waals surface area (Å²) in [5, 5.41) is 26.8. The lowest BCUT2D eigenvalue weighted by atomic mass is 9.32. The van der Waals surface area contributed by atoms with E-state index < -0.39 is 45.5 Å². The van der Waals surface area contributed by atoms with Crippen LogP contribution in [0.25, 0.3) is 0 Å². The van der Waals surface area contributed by atoms with Gasteiger partial charge in [-0.15, -0.1) is 0 Å². The molecule has 1 saturated heterocycles. The smallest absolute Gasteiger partial charge is 0.393 e. The molecule has 1 heterocycles. The summed E-state index contributed by atoms with van der Waals surface area (Å²) in [6.07, 6.45) is 7.20. The molecule has 8 rings (SSSR count). The van der Waals surface area contributed by atoms with Crippen LogP contribution in [0.2, 0.25) is 0 Å². The first kappa shape index (κ1) is 34.7. The maximum atomic E-state index is 14.7. The molecule has 9 unspecified atom stereocenters. The van der Waals surface area contributed by atoms with Gasteiger partial charge in [0.05, 0.1) is 29.9 Å². The van der Waals surface area contributed by atoms with E-state index in [0.29, 0.717) is 57.2 Å². The fourth-order valence-corrected chi connectivity index (χ4v) is 11.5. The molecule has 7 nitrogen and oxygen atoms in total. The van der Waals surface area contributed by atoms with Crippen LogP contribution in [0.3, 0.4) is 0 Å². The summed E-state index contributed by atoms with van der Waals surface area (Å²) >= 11 is 0.